The lowest BCUT2D eigenvalue weighted by Gasteiger charge is -2.11. The van der Waals surface area contributed by atoms with E-state index < -0.39 is 23.8 Å². The second kappa shape index (κ2) is 6.97. The van der Waals surface area contributed by atoms with Crippen LogP contribution in [-0.4, -0.2) is 25.8 Å². The Balaban J connectivity index is 1.63. The van der Waals surface area contributed by atoms with Crippen molar-refractivity contribution in [2.75, 3.05) is 0 Å². The second-order valence-corrected chi connectivity index (χ2v) is 7.81. The molecule has 3 aromatic rings. The van der Waals surface area contributed by atoms with Gasteiger partial charge in [0.05, 0.1) is 5.52 Å². The molecule has 1 unspecified atom stereocenters. The predicted octanol–water partition coefficient (Wildman–Crippen LogP) is 5.60. The van der Waals surface area contributed by atoms with Gasteiger partial charge in [0.15, 0.2) is 11.4 Å². The fourth-order valence-corrected chi connectivity index (χ4v) is 3.43. The van der Waals surface area contributed by atoms with E-state index in [2.05, 4.69) is 36.2 Å². The highest BCUT2D eigenvalue weighted by Crippen LogP contribution is 2.43. The van der Waals surface area contributed by atoms with E-state index in [9.17, 15) is 23.1 Å². The first kappa shape index (κ1) is 19.6. The zero-order valence-electron chi connectivity index (χ0n) is 15.0. The van der Waals surface area contributed by atoms with Crippen LogP contribution >= 0.6 is 15.9 Å². The number of H-pyrrole nitrogens is 1. The Morgan fingerprint density at radius 1 is 1.38 bits per heavy atom. The van der Waals surface area contributed by atoms with E-state index in [0.29, 0.717) is 16.6 Å². The van der Waals surface area contributed by atoms with E-state index in [4.69, 9.17) is 0 Å². The van der Waals surface area contributed by atoms with Gasteiger partial charge in [0, 0.05) is 21.5 Å². The van der Waals surface area contributed by atoms with Crippen molar-refractivity contribution in [3.63, 3.8) is 0 Å². The molecule has 11 heteroatoms. The van der Waals surface area contributed by atoms with Gasteiger partial charge in [-0.2, -0.15) is 18.3 Å². The number of carbonyl (C=O) groups excluding carboxylic acids is 1. The summed E-state index contributed by atoms with van der Waals surface area (Å²) >= 11 is 3.31. The molecule has 2 aromatic heterocycles. The minimum atomic E-state index is -4.59. The molecule has 1 atom stereocenters. The smallest absolute Gasteiger partial charge is 0.435 e. The third kappa shape index (κ3) is 3.78. The fraction of sp³-hybridized carbons (Fsp3) is 0.333. The largest absolute Gasteiger partial charge is 0.493 e. The fourth-order valence-electron chi connectivity index (χ4n) is 3.07. The molecule has 0 bridgehead atoms. The SMILES string of the molecule is CC(C(=O)N=Nc1c(O)[nH]c2cc(Br)ccc12)n1nc(C(F)(F)F)cc1C1CC1. The lowest BCUT2D eigenvalue weighted by atomic mass is 10.2. The normalized spacial score (nSPS) is 16.0. The van der Waals surface area contributed by atoms with Crippen molar-refractivity contribution >= 4 is 38.4 Å². The third-order valence-corrected chi connectivity index (χ3v) is 5.23. The summed E-state index contributed by atoms with van der Waals surface area (Å²) in [5.74, 6) is -1.07. The number of hydrogen-bond acceptors (Lipinski definition) is 4. The molecule has 1 fully saturated rings. The highest BCUT2D eigenvalue weighted by molar-refractivity contribution is 9.10. The number of aromatic nitrogens is 3. The highest BCUT2D eigenvalue weighted by atomic mass is 79.9. The van der Waals surface area contributed by atoms with Gasteiger partial charge < -0.3 is 10.1 Å². The predicted molar refractivity (Wildman–Crippen MR) is 101 cm³/mol. The lowest BCUT2D eigenvalue weighted by molar-refractivity contribution is -0.141. The molecule has 1 aliphatic rings. The number of benzene rings is 1. The van der Waals surface area contributed by atoms with E-state index in [-0.39, 0.29) is 17.5 Å². The van der Waals surface area contributed by atoms with Gasteiger partial charge >= 0.3 is 6.18 Å². The van der Waals surface area contributed by atoms with Gasteiger partial charge in [0.1, 0.15) is 6.04 Å². The quantitative estimate of drug-likeness (QED) is 0.486. The van der Waals surface area contributed by atoms with Crippen LogP contribution < -0.4 is 0 Å². The van der Waals surface area contributed by atoms with Crippen molar-refractivity contribution in [2.45, 2.75) is 37.9 Å². The van der Waals surface area contributed by atoms with Crippen molar-refractivity contribution in [3.05, 3.63) is 40.1 Å². The molecule has 7 nitrogen and oxygen atoms in total. The van der Waals surface area contributed by atoms with Crippen LogP contribution in [0.2, 0.25) is 0 Å². The molecule has 0 aliphatic heterocycles. The number of carbonyl (C=O) groups is 1. The van der Waals surface area contributed by atoms with Crippen LogP contribution in [0.3, 0.4) is 0 Å². The third-order valence-electron chi connectivity index (χ3n) is 4.74. The van der Waals surface area contributed by atoms with Crippen molar-refractivity contribution in [1.29, 1.82) is 0 Å². The van der Waals surface area contributed by atoms with Crippen LogP contribution in [0.1, 0.15) is 43.1 Å². The van der Waals surface area contributed by atoms with Crippen LogP contribution in [0, 0.1) is 0 Å². The Hall–Kier alpha value is -2.69. The van der Waals surface area contributed by atoms with Crippen LogP contribution in [-0.2, 0) is 11.0 Å². The number of nitrogens with one attached hydrogen (secondary N) is 1. The topological polar surface area (TPSA) is 95.6 Å². The zero-order valence-corrected chi connectivity index (χ0v) is 16.6. The van der Waals surface area contributed by atoms with E-state index >= 15 is 0 Å². The number of amides is 1. The average Bonchev–Trinajstić information content (AvgIpc) is 3.30. The van der Waals surface area contributed by atoms with Crippen LogP contribution in [0.5, 0.6) is 5.88 Å². The summed E-state index contributed by atoms with van der Waals surface area (Å²) in [6, 6.07) is 5.08. The van der Waals surface area contributed by atoms with Crippen molar-refractivity contribution < 1.29 is 23.1 Å². The Bertz CT molecular complexity index is 1130. The molecular formula is C18H15BrF3N5O2. The summed E-state index contributed by atoms with van der Waals surface area (Å²) < 4.78 is 41.0. The first-order valence-corrected chi connectivity index (χ1v) is 9.57. The molecule has 1 aromatic carbocycles. The molecule has 1 aliphatic carbocycles. The number of fused-ring (bicyclic) bond motifs is 1. The van der Waals surface area contributed by atoms with Gasteiger partial charge in [-0.15, -0.1) is 10.2 Å². The zero-order chi connectivity index (χ0) is 20.9. The van der Waals surface area contributed by atoms with Gasteiger partial charge in [0.25, 0.3) is 5.91 Å². The Kier molecular flexibility index (Phi) is 4.72. The standard InChI is InChI=1S/C18H15BrF3N5O2/c1-8(27-13(9-2-3-9)7-14(26-27)18(20,21)22)16(28)25-24-15-11-5-4-10(19)6-12(11)23-17(15)29/h4-9,23,29H,2-3H2,1H3. The number of azo groups is 1. The monoisotopic (exact) mass is 469 g/mol. The summed E-state index contributed by atoms with van der Waals surface area (Å²) in [6.45, 7) is 1.42. The van der Waals surface area contributed by atoms with Gasteiger partial charge in [0.2, 0.25) is 5.88 Å². The Morgan fingerprint density at radius 3 is 2.76 bits per heavy atom. The highest BCUT2D eigenvalue weighted by Gasteiger charge is 2.39. The molecule has 0 saturated heterocycles. The second-order valence-electron chi connectivity index (χ2n) is 6.90. The molecule has 4 rings (SSSR count). The number of rotatable bonds is 4. The number of alkyl halides is 3. The summed E-state index contributed by atoms with van der Waals surface area (Å²) in [6.07, 6.45) is -3.09. The van der Waals surface area contributed by atoms with E-state index in [0.717, 1.165) is 28.1 Å². The average molecular weight is 470 g/mol. The van der Waals surface area contributed by atoms with Crippen molar-refractivity contribution in [2.24, 2.45) is 10.2 Å². The maximum atomic E-state index is 13.0. The molecule has 2 N–H and O–H groups in total. The van der Waals surface area contributed by atoms with E-state index in [1.54, 1.807) is 18.2 Å². The minimum absolute atomic E-state index is 0.0399. The van der Waals surface area contributed by atoms with Crippen molar-refractivity contribution in [1.82, 2.24) is 14.8 Å². The molecule has 1 saturated carbocycles. The molecule has 29 heavy (non-hydrogen) atoms. The number of halogens is 4. The number of aromatic amines is 1. The molecule has 152 valence electrons. The van der Waals surface area contributed by atoms with Gasteiger partial charge in [-0.25, -0.2) is 0 Å². The van der Waals surface area contributed by atoms with E-state index in [1.165, 1.54) is 6.92 Å². The first-order chi connectivity index (χ1) is 13.6. The van der Waals surface area contributed by atoms with Crippen molar-refractivity contribution in [3.8, 4) is 5.88 Å². The van der Waals surface area contributed by atoms with Gasteiger partial charge in [-0.1, -0.05) is 15.9 Å². The number of hydrogen-bond donors (Lipinski definition) is 2. The summed E-state index contributed by atoms with van der Waals surface area (Å²) in [4.78, 5) is 15.2. The summed E-state index contributed by atoms with van der Waals surface area (Å²) in [5.41, 5.74) is 0.000144. The molecule has 0 spiro atoms. The number of aromatic hydroxyl groups is 1. The Labute approximate surface area is 170 Å². The van der Waals surface area contributed by atoms with E-state index in [1.807, 2.05) is 0 Å². The minimum Gasteiger partial charge on any atom is -0.493 e. The van der Waals surface area contributed by atoms with Crippen LogP contribution in [0.4, 0.5) is 18.9 Å². The summed E-state index contributed by atoms with van der Waals surface area (Å²) in [7, 11) is 0. The maximum Gasteiger partial charge on any atom is 0.435 e. The number of nitrogens with zero attached hydrogens (tertiary/aromatic N) is 4. The maximum absolute atomic E-state index is 13.0. The Morgan fingerprint density at radius 2 is 2.10 bits per heavy atom. The molecule has 0 radical (unpaired) electrons. The first-order valence-electron chi connectivity index (χ1n) is 8.77. The van der Waals surface area contributed by atoms with Crippen LogP contribution in [0.15, 0.2) is 39.0 Å². The van der Waals surface area contributed by atoms with Crippen LogP contribution in [0.25, 0.3) is 10.9 Å². The van der Waals surface area contributed by atoms with Gasteiger partial charge in [-0.05, 0) is 44.0 Å². The molecule has 1 amide bonds. The molecule has 2 heterocycles. The lowest BCUT2D eigenvalue weighted by Crippen LogP contribution is -2.18. The van der Waals surface area contributed by atoms with Gasteiger partial charge in [-0.3, -0.25) is 9.48 Å². The molecular weight excluding hydrogens is 455 g/mol. The summed E-state index contributed by atoms with van der Waals surface area (Å²) in [5, 5.41) is 21.6.